The van der Waals surface area contributed by atoms with E-state index in [-0.39, 0.29) is 0 Å². The number of benzene rings is 2. The van der Waals surface area contributed by atoms with Crippen molar-refractivity contribution in [3.63, 3.8) is 0 Å². The molecule has 0 aliphatic rings. The lowest BCUT2D eigenvalue weighted by atomic mass is 10.1. The fraction of sp³-hybridized carbons (Fsp3) is 0.0625. The summed E-state index contributed by atoms with van der Waals surface area (Å²) in [5.41, 5.74) is 2.54. The van der Waals surface area contributed by atoms with Crippen LogP contribution < -0.4 is 4.74 Å². The number of aliphatic imine (C=N–C) groups is 1. The minimum Gasteiger partial charge on any atom is -0.497 e. The number of rotatable bonds is 4. The number of hydrogen-bond donors (Lipinski definition) is 0. The third-order valence-electron chi connectivity index (χ3n) is 2.67. The Morgan fingerprint density at radius 3 is 2.47 bits per heavy atom. The molecule has 0 aliphatic carbocycles. The molecule has 0 atom stereocenters. The summed E-state index contributed by atoms with van der Waals surface area (Å²) in [6.07, 6.45) is 5.43. The average Bonchev–Trinajstić information content (AvgIpc) is 2.47. The summed E-state index contributed by atoms with van der Waals surface area (Å²) in [5, 5.41) is 0. The highest BCUT2D eigenvalue weighted by Gasteiger charge is 1.96. The first-order chi connectivity index (χ1) is 9.33. The van der Waals surface area contributed by atoms with Gasteiger partial charge in [-0.2, -0.15) is 4.99 Å². The number of methoxy groups -OCH3 is 1. The van der Waals surface area contributed by atoms with Crippen LogP contribution in [0.2, 0.25) is 0 Å². The van der Waals surface area contributed by atoms with E-state index in [9.17, 15) is 4.79 Å². The average molecular weight is 251 g/mol. The highest BCUT2D eigenvalue weighted by atomic mass is 16.5. The molecule has 94 valence electrons. The summed E-state index contributed by atoms with van der Waals surface area (Å²) in [6.45, 7) is 0. The number of isocyanates is 1. The fourth-order valence-corrected chi connectivity index (χ4v) is 1.68. The molecule has 3 heteroatoms. The van der Waals surface area contributed by atoms with Gasteiger partial charge in [0.05, 0.1) is 12.8 Å². The molecule has 0 saturated carbocycles. The normalized spacial score (nSPS) is 10.2. The quantitative estimate of drug-likeness (QED) is 0.470. The SMILES string of the molecule is COc1ccc(C=Cc2ccccc2N=C=O)cc1. The number of carbonyl (C=O) groups excluding carboxylic acids is 1. The van der Waals surface area contributed by atoms with Crippen LogP contribution in [0.4, 0.5) is 5.69 Å². The van der Waals surface area contributed by atoms with Crippen molar-refractivity contribution in [3.05, 3.63) is 59.7 Å². The molecular formula is C16H13NO2. The zero-order valence-corrected chi connectivity index (χ0v) is 10.5. The highest BCUT2D eigenvalue weighted by Crippen LogP contribution is 2.21. The Morgan fingerprint density at radius 2 is 1.79 bits per heavy atom. The third-order valence-corrected chi connectivity index (χ3v) is 2.67. The van der Waals surface area contributed by atoms with Crippen LogP contribution in [0.5, 0.6) is 5.75 Å². The van der Waals surface area contributed by atoms with Crippen LogP contribution in [-0.4, -0.2) is 13.2 Å². The molecule has 0 aliphatic heterocycles. The van der Waals surface area contributed by atoms with E-state index in [1.807, 2.05) is 54.6 Å². The topological polar surface area (TPSA) is 38.7 Å². The maximum Gasteiger partial charge on any atom is 0.240 e. The summed E-state index contributed by atoms with van der Waals surface area (Å²) in [4.78, 5) is 14.0. The molecular weight excluding hydrogens is 238 g/mol. The Labute approximate surface area is 111 Å². The van der Waals surface area contributed by atoms with Crippen LogP contribution in [0.3, 0.4) is 0 Å². The van der Waals surface area contributed by atoms with Crippen molar-refractivity contribution in [3.8, 4) is 5.75 Å². The van der Waals surface area contributed by atoms with Crippen molar-refractivity contribution in [2.75, 3.05) is 7.11 Å². The lowest BCUT2D eigenvalue weighted by Gasteiger charge is -2.00. The number of para-hydroxylation sites is 1. The van der Waals surface area contributed by atoms with Crippen LogP contribution in [0.15, 0.2) is 53.5 Å². The van der Waals surface area contributed by atoms with Gasteiger partial charge < -0.3 is 4.74 Å². The summed E-state index contributed by atoms with van der Waals surface area (Å²) in [6, 6.07) is 15.1. The van der Waals surface area contributed by atoms with Crippen LogP contribution in [-0.2, 0) is 4.79 Å². The molecule has 0 aromatic heterocycles. The second-order valence-electron chi connectivity index (χ2n) is 3.87. The summed E-state index contributed by atoms with van der Waals surface area (Å²) in [5.74, 6) is 0.822. The number of ether oxygens (including phenoxy) is 1. The Kier molecular flexibility index (Phi) is 4.27. The van der Waals surface area contributed by atoms with E-state index in [1.165, 1.54) is 0 Å². The molecule has 0 heterocycles. The lowest BCUT2D eigenvalue weighted by Crippen LogP contribution is -1.81. The second-order valence-corrected chi connectivity index (χ2v) is 3.87. The van der Waals surface area contributed by atoms with Gasteiger partial charge in [0.2, 0.25) is 6.08 Å². The Bertz CT molecular complexity index is 623. The van der Waals surface area contributed by atoms with Gasteiger partial charge >= 0.3 is 0 Å². The maximum atomic E-state index is 10.3. The van der Waals surface area contributed by atoms with Gasteiger partial charge in [-0.3, -0.25) is 0 Å². The second kappa shape index (κ2) is 6.34. The lowest BCUT2D eigenvalue weighted by molar-refractivity contribution is 0.415. The van der Waals surface area contributed by atoms with E-state index in [4.69, 9.17) is 4.74 Å². The van der Waals surface area contributed by atoms with Gasteiger partial charge in [-0.15, -0.1) is 0 Å². The van der Waals surface area contributed by atoms with E-state index in [0.29, 0.717) is 5.69 Å². The number of hydrogen-bond acceptors (Lipinski definition) is 3. The minimum atomic E-state index is 0.613. The summed E-state index contributed by atoms with van der Waals surface area (Å²) >= 11 is 0. The van der Waals surface area contributed by atoms with Gasteiger partial charge in [0.15, 0.2) is 0 Å². The van der Waals surface area contributed by atoms with Crippen molar-refractivity contribution >= 4 is 23.9 Å². The number of nitrogens with zero attached hydrogens (tertiary/aromatic N) is 1. The molecule has 0 radical (unpaired) electrons. The van der Waals surface area contributed by atoms with Crippen LogP contribution in [0.25, 0.3) is 12.2 Å². The maximum absolute atomic E-state index is 10.3. The molecule has 0 saturated heterocycles. The molecule has 2 aromatic carbocycles. The molecule has 0 fully saturated rings. The smallest absolute Gasteiger partial charge is 0.240 e. The van der Waals surface area contributed by atoms with Gasteiger partial charge in [0.1, 0.15) is 5.75 Å². The molecule has 0 N–H and O–H groups in total. The van der Waals surface area contributed by atoms with Gasteiger partial charge in [0, 0.05) is 5.56 Å². The van der Waals surface area contributed by atoms with E-state index < -0.39 is 0 Å². The first kappa shape index (κ1) is 12.8. The van der Waals surface area contributed by atoms with Gasteiger partial charge in [0.25, 0.3) is 0 Å². The molecule has 2 aromatic rings. The van der Waals surface area contributed by atoms with Gasteiger partial charge in [-0.05, 0) is 23.8 Å². The van der Waals surface area contributed by atoms with E-state index in [0.717, 1.165) is 16.9 Å². The molecule has 3 nitrogen and oxygen atoms in total. The molecule has 19 heavy (non-hydrogen) atoms. The van der Waals surface area contributed by atoms with E-state index in [1.54, 1.807) is 19.3 Å². The van der Waals surface area contributed by atoms with Gasteiger partial charge in [-0.25, -0.2) is 4.79 Å². The zero-order valence-electron chi connectivity index (χ0n) is 10.5. The van der Waals surface area contributed by atoms with Crippen molar-refractivity contribution in [2.24, 2.45) is 4.99 Å². The van der Waals surface area contributed by atoms with Crippen molar-refractivity contribution < 1.29 is 9.53 Å². The monoisotopic (exact) mass is 251 g/mol. The standard InChI is InChI=1S/C16H13NO2/c1-19-15-10-7-13(8-11-15)6-9-14-4-2-3-5-16(14)17-12-18/h2-11H,1H3. The van der Waals surface area contributed by atoms with Crippen LogP contribution in [0, 0.1) is 0 Å². The Hall–Kier alpha value is -2.64. The summed E-state index contributed by atoms with van der Waals surface area (Å²) in [7, 11) is 1.64. The summed E-state index contributed by atoms with van der Waals surface area (Å²) < 4.78 is 5.10. The Morgan fingerprint density at radius 1 is 1.05 bits per heavy atom. The molecule has 0 unspecified atom stereocenters. The molecule has 0 amide bonds. The van der Waals surface area contributed by atoms with Crippen molar-refractivity contribution in [1.82, 2.24) is 0 Å². The molecule has 0 spiro atoms. The van der Waals surface area contributed by atoms with Crippen LogP contribution >= 0.6 is 0 Å². The largest absolute Gasteiger partial charge is 0.497 e. The predicted molar refractivity (Wildman–Crippen MR) is 76.1 cm³/mol. The van der Waals surface area contributed by atoms with Crippen molar-refractivity contribution in [1.29, 1.82) is 0 Å². The third kappa shape index (κ3) is 3.41. The molecule has 0 bridgehead atoms. The van der Waals surface area contributed by atoms with Crippen molar-refractivity contribution in [2.45, 2.75) is 0 Å². The fourth-order valence-electron chi connectivity index (χ4n) is 1.68. The van der Waals surface area contributed by atoms with Crippen LogP contribution in [0.1, 0.15) is 11.1 Å². The predicted octanol–water partition coefficient (Wildman–Crippen LogP) is 3.83. The van der Waals surface area contributed by atoms with E-state index >= 15 is 0 Å². The highest BCUT2D eigenvalue weighted by molar-refractivity contribution is 5.76. The van der Waals surface area contributed by atoms with E-state index in [2.05, 4.69) is 4.99 Å². The van der Waals surface area contributed by atoms with Gasteiger partial charge in [-0.1, -0.05) is 42.5 Å². The minimum absolute atomic E-state index is 0.613. The first-order valence-electron chi connectivity index (χ1n) is 5.82. The molecule has 2 rings (SSSR count). The zero-order chi connectivity index (χ0) is 13.5. The Balaban J connectivity index is 2.24. The first-order valence-corrected chi connectivity index (χ1v) is 5.82.